The highest BCUT2D eigenvalue weighted by atomic mass is 16.2. The van der Waals surface area contributed by atoms with Gasteiger partial charge in [-0.15, -0.1) is 0 Å². The highest BCUT2D eigenvalue weighted by Gasteiger charge is 2.21. The van der Waals surface area contributed by atoms with Crippen LogP contribution in [0.3, 0.4) is 0 Å². The molecule has 2 aromatic rings. The van der Waals surface area contributed by atoms with Crippen molar-refractivity contribution in [1.29, 1.82) is 0 Å². The Hall–Kier alpha value is -2.34. The van der Waals surface area contributed by atoms with E-state index >= 15 is 0 Å². The van der Waals surface area contributed by atoms with Crippen molar-refractivity contribution >= 4 is 17.5 Å². The molecule has 0 saturated carbocycles. The number of nitrogens with one attached hydrogen (secondary N) is 1. The molecule has 2 heterocycles. The SMILES string of the molecule is Cc1cccc(NC(=O)CN2CCN(c3nccn3C)CC2)c1. The van der Waals surface area contributed by atoms with Gasteiger partial charge in [-0.3, -0.25) is 9.69 Å². The van der Waals surface area contributed by atoms with Crippen LogP contribution in [0.25, 0.3) is 0 Å². The monoisotopic (exact) mass is 313 g/mol. The van der Waals surface area contributed by atoms with E-state index in [1.54, 1.807) is 0 Å². The fourth-order valence-electron chi connectivity index (χ4n) is 2.89. The van der Waals surface area contributed by atoms with Gasteiger partial charge in [-0.25, -0.2) is 4.98 Å². The lowest BCUT2D eigenvalue weighted by Gasteiger charge is -2.34. The maximum atomic E-state index is 12.2. The van der Waals surface area contributed by atoms with Crippen LogP contribution in [-0.4, -0.2) is 53.1 Å². The summed E-state index contributed by atoms with van der Waals surface area (Å²) in [5.41, 5.74) is 2.01. The Bertz CT molecular complexity index is 673. The lowest BCUT2D eigenvalue weighted by Crippen LogP contribution is -2.49. The molecule has 1 N–H and O–H groups in total. The Kier molecular flexibility index (Phi) is 4.62. The maximum Gasteiger partial charge on any atom is 0.238 e. The normalized spacial score (nSPS) is 15.7. The second-order valence-corrected chi connectivity index (χ2v) is 6.02. The van der Waals surface area contributed by atoms with Gasteiger partial charge in [0, 0.05) is 51.3 Å². The van der Waals surface area contributed by atoms with E-state index in [9.17, 15) is 4.79 Å². The third kappa shape index (κ3) is 3.90. The smallest absolute Gasteiger partial charge is 0.238 e. The van der Waals surface area contributed by atoms with E-state index in [1.165, 1.54) is 0 Å². The van der Waals surface area contributed by atoms with Gasteiger partial charge in [-0.2, -0.15) is 0 Å². The Morgan fingerprint density at radius 1 is 1.26 bits per heavy atom. The van der Waals surface area contributed by atoms with Crippen molar-refractivity contribution in [2.24, 2.45) is 7.05 Å². The molecule has 0 atom stereocenters. The van der Waals surface area contributed by atoms with E-state index in [0.717, 1.165) is 43.4 Å². The van der Waals surface area contributed by atoms with E-state index in [2.05, 4.69) is 20.1 Å². The minimum absolute atomic E-state index is 0.0426. The average Bonchev–Trinajstić information content (AvgIpc) is 2.94. The zero-order valence-electron chi connectivity index (χ0n) is 13.7. The molecule has 1 aliphatic heterocycles. The van der Waals surface area contributed by atoms with Gasteiger partial charge in [0.1, 0.15) is 0 Å². The third-order valence-corrected chi connectivity index (χ3v) is 4.12. The van der Waals surface area contributed by atoms with Gasteiger partial charge in [0.25, 0.3) is 0 Å². The van der Waals surface area contributed by atoms with Gasteiger partial charge >= 0.3 is 0 Å². The number of hydrogen-bond donors (Lipinski definition) is 1. The van der Waals surface area contributed by atoms with E-state index in [4.69, 9.17) is 0 Å². The summed E-state index contributed by atoms with van der Waals surface area (Å²) < 4.78 is 2.03. The first-order valence-electron chi connectivity index (χ1n) is 7.93. The number of carbonyl (C=O) groups excluding carboxylic acids is 1. The predicted molar refractivity (Wildman–Crippen MR) is 91.7 cm³/mol. The highest BCUT2D eigenvalue weighted by molar-refractivity contribution is 5.92. The summed E-state index contributed by atoms with van der Waals surface area (Å²) in [5, 5.41) is 2.97. The van der Waals surface area contributed by atoms with E-state index in [0.29, 0.717) is 6.54 Å². The number of aryl methyl sites for hydroxylation is 2. The molecule has 1 saturated heterocycles. The Morgan fingerprint density at radius 2 is 2.04 bits per heavy atom. The summed E-state index contributed by atoms with van der Waals surface area (Å²) >= 11 is 0. The molecular weight excluding hydrogens is 290 g/mol. The second-order valence-electron chi connectivity index (χ2n) is 6.02. The van der Waals surface area contributed by atoms with Crippen LogP contribution in [0.5, 0.6) is 0 Å². The van der Waals surface area contributed by atoms with Crippen molar-refractivity contribution in [1.82, 2.24) is 14.5 Å². The number of benzene rings is 1. The van der Waals surface area contributed by atoms with Crippen LogP contribution in [0.4, 0.5) is 11.6 Å². The fourth-order valence-corrected chi connectivity index (χ4v) is 2.89. The van der Waals surface area contributed by atoms with Gasteiger partial charge in [-0.05, 0) is 24.6 Å². The summed E-state index contributed by atoms with van der Waals surface area (Å²) in [6, 6.07) is 7.88. The van der Waals surface area contributed by atoms with Crippen molar-refractivity contribution in [2.75, 3.05) is 42.9 Å². The van der Waals surface area contributed by atoms with Gasteiger partial charge in [0.15, 0.2) is 0 Å². The molecule has 3 rings (SSSR count). The Labute approximate surface area is 136 Å². The number of carbonyl (C=O) groups is 1. The van der Waals surface area contributed by atoms with Crippen molar-refractivity contribution in [3.05, 3.63) is 42.2 Å². The van der Waals surface area contributed by atoms with Crippen LogP contribution in [0, 0.1) is 6.92 Å². The van der Waals surface area contributed by atoms with Gasteiger partial charge in [0.05, 0.1) is 6.54 Å². The molecule has 6 heteroatoms. The molecule has 0 spiro atoms. The number of nitrogens with zero attached hydrogens (tertiary/aromatic N) is 4. The summed E-state index contributed by atoms with van der Waals surface area (Å²) in [6.45, 7) is 5.97. The molecule has 0 bridgehead atoms. The van der Waals surface area contributed by atoms with E-state index < -0.39 is 0 Å². The molecule has 1 amide bonds. The standard InChI is InChI=1S/C17H23N5O/c1-14-4-3-5-15(12-14)19-16(23)13-21-8-10-22(11-9-21)17-18-6-7-20(17)2/h3-7,12H,8-11,13H2,1-2H3,(H,19,23). The van der Waals surface area contributed by atoms with Gasteiger partial charge in [0.2, 0.25) is 11.9 Å². The molecule has 23 heavy (non-hydrogen) atoms. The molecular formula is C17H23N5O. The minimum atomic E-state index is 0.0426. The summed E-state index contributed by atoms with van der Waals surface area (Å²) in [5.74, 6) is 1.04. The first-order chi connectivity index (χ1) is 11.1. The largest absolute Gasteiger partial charge is 0.340 e. The van der Waals surface area contributed by atoms with Crippen LogP contribution in [0.2, 0.25) is 0 Å². The Morgan fingerprint density at radius 3 is 2.70 bits per heavy atom. The van der Waals surface area contributed by atoms with Crippen molar-refractivity contribution in [3.63, 3.8) is 0 Å². The predicted octanol–water partition coefficient (Wildman–Crippen LogP) is 1.49. The number of imidazole rings is 1. The zero-order valence-corrected chi connectivity index (χ0v) is 13.7. The van der Waals surface area contributed by atoms with Gasteiger partial charge in [-0.1, -0.05) is 12.1 Å². The van der Waals surface area contributed by atoms with Crippen LogP contribution in [0.15, 0.2) is 36.7 Å². The van der Waals surface area contributed by atoms with Crippen LogP contribution in [0.1, 0.15) is 5.56 Å². The third-order valence-electron chi connectivity index (χ3n) is 4.12. The van der Waals surface area contributed by atoms with Crippen LogP contribution in [-0.2, 0) is 11.8 Å². The average molecular weight is 313 g/mol. The quantitative estimate of drug-likeness (QED) is 0.929. The molecule has 1 aromatic carbocycles. The molecule has 122 valence electrons. The van der Waals surface area contributed by atoms with Crippen molar-refractivity contribution < 1.29 is 4.79 Å². The molecule has 1 aliphatic rings. The fraction of sp³-hybridized carbons (Fsp3) is 0.412. The first-order valence-corrected chi connectivity index (χ1v) is 7.93. The molecule has 6 nitrogen and oxygen atoms in total. The number of piperazine rings is 1. The molecule has 0 unspecified atom stereocenters. The summed E-state index contributed by atoms with van der Waals surface area (Å²) in [7, 11) is 2.00. The van der Waals surface area contributed by atoms with Crippen molar-refractivity contribution in [2.45, 2.75) is 6.92 Å². The number of anilines is 2. The zero-order chi connectivity index (χ0) is 16.2. The highest BCUT2D eigenvalue weighted by Crippen LogP contribution is 2.13. The molecule has 1 aromatic heterocycles. The maximum absolute atomic E-state index is 12.2. The van der Waals surface area contributed by atoms with Crippen molar-refractivity contribution in [3.8, 4) is 0 Å². The number of aromatic nitrogens is 2. The molecule has 0 aliphatic carbocycles. The Balaban J connectivity index is 1.49. The lowest BCUT2D eigenvalue weighted by atomic mass is 10.2. The van der Waals surface area contributed by atoms with E-state index in [-0.39, 0.29) is 5.91 Å². The van der Waals surface area contributed by atoms with Crippen LogP contribution >= 0.6 is 0 Å². The minimum Gasteiger partial charge on any atom is -0.340 e. The van der Waals surface area contributed by atoms with Gasteiger partial charge < -0.3 is 14.8 Å². The van der Waals surface area contributed by atoms with Crippen LogP contribution < -0.4 is 10.2 Å². The molecule has 1 fully saturated rings. The topological polar surface area (TPSA) is 53.4 Å². The number of hydrogen-bond acceptors (Lipinski definition) is 4. The number of rotatable bonds is 4. The van der Waals surface area contributed by atoms with E-state index in [1.807, 2.05) is 55.2 Å². The summed E-state index contributed by atoms with van der Waals surface area (Å²) in [4.78, 5) is 21.0. The summed E-state index contributed by atoms with van der Waals surface area (Å²) in [6.07, 6.45) is 3.77. The first kappa shape index (κ1) is 15.6. The number of amides is 1. The molecule has 0 radical (unpaired) electrons. The lowest BCUT2D eigenvalue weighted by molar-refractivity contribution is -0.117. The second kappa shape index (κ2) is 6.83.